The van der Waals surface area contributed by atoms with Gasteiger partial charge in [0.25, 0.3) is 0 Å². The molecule has 0 spiro atoms. The molecule has 0 bridgehead atoms. The van der Waals surface area contributed by atoms with Gasteiger partial charge < -0.3 is 0 Å². The number of benzene rings is 6. The van der Waals surface area contributed by atoms with E-state index in [0.717, 1.165) is 0 Å². The standard InChI is InChI=1S/C36H24I2/c37-35-20-19-28(25-11-4-1-5-12-25)22-32(35)29-17-10-18-30(21-29)34-24-31(26-13-6-2-7-14-26)23-33(36(34)38)27-15-8-3-9-16-27/h1-24H. The maximum atomic E-state index is 2.53. The van der Waals surface area contributed by atoms with Crippen LogP contribution in [0.3, 0.4) is 0 Å². The smallest absolute Gasteiger partial charge is 0.0287 e. The second-order valence-corrected chi connectivity index (χ2v) is 11.5. The Balaban J connectivity index is 1.51. The van der Waals surface area contributed by atoms with Gasteiger partial charge in [0.1, 0.15) is 0 Å². The van der Waals surface area contributed by atoms with Crippen LogP contribution in [0.4, 0.5) is 0 Å². The summed E-state index contributed by atoms with van der Waals surface area (Å²) in [6.07, 6.45) is 0. The molecule has 0 aromatic heterocycles. The summed E-state index contributed by atoms with van der Waals surface area (Å²) in [5, 5.41) is 0. The van der Waals surface area contributed by atoms with Gasteiger partial charge in [0, 0.05) is 7.14 Å². The molecule has 0 heterocycles. The van der Waals surface area contributed by atoms with Crippen molar-refractivity contribution in [2.75, 3.05) is 0 Å². The van der Waals surface area contributed by atoms with Crippen LogP contribution in [0, 0.1) is 7.14 Å². The Morgan fingerprint density at radius 3 is 1.34 bits per heavy atom. The van der Waals surface area contributed by atoms with E-state index in [1.165, 1.54) is 62.8 Å². The summed E-state index contributed by atoms with van der Waals surface area (Å²) < 4.78 is 2.51. The van der Waals surface area contributed by atoms with Crippen LogP contribution < -0.4 is 0 Å². The first-order valence-corrected chi connectivity index (χ1v) is 14.7. The van der Waals surface area contributed by atoms with Gasteiger partial charge in [-0.05, 0) is 131 Å². The fourth-order valence-corrected chi connectivity index (χ4v) is 6.45. The molecule has 0 saturated heterocycles. The molecular weight excluding hydrogens is 686 g/mol. The van der Waals surface area contributed by atoms with Crippen molar-refractivity contribution < 1.29 is 0 Å². The molecule has 0 unspecified atom stereocenters. The van der Waals surface area contributed by atoms with Crippen LogP contribution in [0.1, 0.15) is 0 Å². The topological polar surface area (TPSA) is 0 Å². The van der Waals surface area contributed by atoms with E-state index in [-0.39, 0.29) is 0 Å². The summed E-state index contributed by atoms with van der Waals surface area (Å²) in [5.41, 5.74) is 12.4. The lowest BCUT2D eigenvalue weighted by atomic mass is 9.91. The third kappa shape index (κ3) is 5.20. The molecule has 0 aliphatic carbocycles. The number of halogens is 2. The minimum absolute atomic E-state index is 1.22. The van der Waals surface area contributed by atoms with E-state index in [2.05, 4.69) is 191 Å². The quantitative estimate of drug-likeness (QED) is 0.156. The van der Waals surface area contributed by atoms with Crippen LogP contribution in [0.15, 0.2) is 146 Å². The van der Waals surface area contributed by atoms with Gasteiger partial charge in [0.05, 0.1) is 0 Å². The van der Waals surface area contributed by atoms with Crippen molar-refractivity contribution in [3.05, 3.63) is 153 Å². The lowest BCUT2D eigenvalue weighted by molar-refractivity contribution is 1.52. The lowest BCUT2D eigenvalue weighted by Gasteiger charge is -2.16. The molecule has 0 radical (unpaired) electrons. The van der Waals surface area contributed by atoms with Gasteiger partial charge in [-0.25, -0.2) is 0 Å². The van der Waals surface area contributed by atoms with Gasteiger partial charge in [-0.15, -0.1) is 0 Å². The first-order valence-electron chi connectivity index (χ1n) is 12.6. The van der Waals surface area contributed by atoms with E-state index < -0.39 is 0 Å². The summed E-state index contributed by atoms with van der Waals surface area (Å²) >= 11 is 4.99. The van der Waals surface area contributed by atoms with E-state index in [9.17, 15) is 0 Å². The highest BCUT2D eigenvalue weighted by atomic mass is 127. The average molecular weight is 710 g/mol. The Bertz CT molecular complexity index is 1710. The van der Waals surface area contributed by atoms with Crippen LogP contribution >= 0.6 is 45.2 Å². The Kier molecular flexibility index (Phi) is 7.43. The Labute approximate surface area is 251 Å². The molecule has 38 heavy (non-hydrogen) atoms. The predicted molar refractivity (Wildman–Crippen MR) is 179 cm³/mol. The monoisotopic (exact) mass is 710 g/mol. The molecule has 0 nitrogen and oxygen atoms in total. The second-order valence-electron chi connectivity index (χ2n) is 9.26. The van der Waals surface area contributed by atoms with E-state index in [4.69, 9.17) is 0 Å². The SMILES string of the molecule is Ic1ccc(-c2ccccc2)cc1-c1cccc(-c2cc(-c3ccccc3)cc(-c3ccccc3)c2I)c1. The van der Waals surface area contributed by atoms with E-state index >= 15 is 0 Å². The molecule has 182 valence electrons. The van der Waals surface area contributed by atoms with Gasteiger partial charge in [-0.2, -0.15) is 0 Å². The van der Waals surface area contributed by atoms with Crippen LogP contribution in [0.25, 0.3) is 55.6 Å². The zero-order valence-electron chi connectivity index (χ0n) is 20.6. The van der Waals surface area contributed by atoms with Gasteiger partial charge >= 0.3 is 0 Å². The van der Waals surface area contributed by atoms with E-state index in [1.54, 1.807) is 0 Å². The first-order chi connectivity index (χ1) is 18.7. The van der Waals surface area contributed by atoms with Gasteiger partial charge in [0.15, 0.2) is 0 Å². The summed E-state index contributed by atoms with van der Waals surface area (Å²) in [7, 11) is 0. The summed E-state index contributed by atoms with van der Waals surface area (Å²) in [6.45, 7) is 0. The van der Waals surface area contributed by atoms with Crippen LogP contribution in [-0.4, -0.2) is 0 Å². The Morgan fingerprint density at radius 2 is 0.737 bits per heavy atom. The molecule has 0 aliphatic rings. The highest BCUT2D eigenvalue weighted by Crippen LogP contribution is 2.40. The van der Waals surface area contributed by atoms with Crippen molar-refractivity contribution >= 4 is 45.2 Å². The van der Waals surface area contributed by atoms with Crippen LogP contribution in [-0.2, 0) is 0 Å². The molecule has 0 fully saturated rings. The number of hydrogen-bond donors (Lipinski definition) is 0. The minimum Gasteiger partial charge on any atom is -0.0622 e. The largest absolute Gasteiger partial charge is 0.0622 e. The van der Waals surface area contributed by atoms with E-state index in [0.29, 0.717) is 0 Å². The molecular formula is C36H24I2. The van der Waals surface area contributed by atoms with Crippen molar-refractivity contribution in [1.29, 1.82) is 0 Å². The fraction of sp³-hybridized carbons (Fsp3) is 0. The molecule has 0 saturated carbocycles. The summed E-state index contributed by atoms with van der Waals surface area (Å²) in [4.78, 5) is 0. The molecule has 6 rings (SSSR count). The summed E-state index contributed by atoms with van der Waals surface area (Å²) in [6, 6.07) is 52.4. The zero-order chi connectivity index (χ0) is 25.9. The predicted octanol–water partition coefficient (Wildman–Crippen LogP) is 11.2. The molecule has 0 atom stereocenters. The normalized spacial score (nSPS) is 10.9. The first kappa shape index (κ1) is 25.1. The molecule has 2 heteroatoms. The van der Waals surface area contributed by atoms with Gasteiger partial charge in [0.2, 0.25) is 0 Å². The third-order valence-electron chi connectivity index (χ3n) is 6.82. The van der Waals surface area contributed by atoms with Crippen molar-refractivity contribution in [2.24, 2.45) is 0 Å². The second kappa shape index (κ2) is 11.3. The van der Waals surface area contributed by atoms with Crippen LogP contribution in [0.2, 0.25) is 0 Å². The fourth-order valence-electron chi connectivity index (χ4n) is 4.87. The molecule has 0 amide bonds. The maximum absolute atomic E-state index is 2.53. The van der Waals surface area contributed by atoms with Crippen molar-refractivity contribution in [1.82, 2.24) is 0 Å². The Morgan fingerprint density at radius 1 is 0.289 bits per heavy atom. The molecule has 6 aromatic rings. The average Bonchev–Trinajstić information content (AvgIpc) is 2.99. The third-order valence-corrected chi connectivity index (χ3v) is 8.93. The maximum Gasteiger partial charge on any atom is 0.0287 e. The van der Waals surface area contributed by atoms with E-state index in [1.807, 2.05) is 0 Å². The highest BCUT2D eigenvalue weighted by Gasteiger charge is 2.15. The zero-order valence-corrected chi connectivity index (χ0v) is 24.9. The molecule has 0 aliphatic heterocycles. The highest BCUT2D eigenvalue weighted by molar-refractivity contribution is 14.1. The minimum atomic E-state index is 1.22. The van der Waals surface area contributed by atoms with Crippen molar-refractivity contribution in [3.8, 4) is 55.6 Å². The number of hydrogen-bond acceptors (Lipinski definition) is 0. The lowest BCUT2D eigenvalue weighted by Crippen LogP contribution is -1.92. The van der Waals surface area contributed by atoms with Gasteiger partial charge in [-0.1, -0.05) is 115 Å². The Hall–Kier alpha value is -3.22. The van der Waals surface area contributed by atoms with Crippen LogP contribution in [0.5, 0.6) is 0 Å². The van der Waals surface area contributed by atoms with Crippen molar-refractivity contribution in [3.63, 3.8) is 0 Å². The van der Waals surface area contributed by atoms with Crippen molar-refractivity contribution in [2.45, 2.75) is 0 Å². The number of rotatable bonds is 5. The molecule has 0 N–H and O–H groups in total. The molecule has 6 aromatic carbocycles. The van der Waals surface area contributed by atoms with Gasteiger partial charge in [-0.3, -0.25) is 0 Å². The summed E-state index contributed by atoms with van der Waals surface area (Å²) in [5.74, 6) is 0.